The van der Waals surface area contributed by atoms with Crippen LogP contribution in [0.2, 0.25) is 0 Å². The molecule has 2 amide bonds. The fraction of sp³-hybridized carbons (Fsp3) is 0.579. The Kier molecular flexibility index (Phi) is 5.38. The molecular formula is C19H26N2O3. The Bertz CT molecular complexity index is 609. The standard InChI is InChI=1S/C19H26N2O3/c1-13(22)21-17-7-8-18-15(10-17)9-16(12-24-18)19(23)20-11-14-5-3-2-4-6-14/h7-8,10,14,16H,2-6,9,11-12H2,1H3,(H,20,23)(H,21,22)/t16-/m1/s1. The van der Waals surface area contributed by atoms with E-state index in [1.807, 2.05) is 18.2 Å². The van der Waals surface area contributed by atoms with Crippen molar-refractivity contribution in [2.75, 3.05) is 18.5 Å². The quantitative estimate of drug-likeness (QED) is 0.892. The maximum absolute atomic E-state index is 12.5. The topological polar surface area (TPSA) is 67.4 Å². The first kappa shape index (κ1) is 16.8. The zero-order valence-corrected chi connectivity index (χ0v) is 14.3. The van der Waals surface area contributed by atoms with Gasteiger partial charge in [-0.15, -0.1) is 0 Å². The number of hydrogen-bond acceptors (Lipinski definition) is 3. The highest BCUT2D eigenvalue weighted by Gasteiger charge is 2.27. The number of amides is 2. The largest absolute Gasteiger partial charge is 0.492 e. The number of nitrogens with one attached hydrogen (secondary N) is 2. The van der Waals surface area contributed by atoms with E-state index in [1.54, 1.807) is 0 Å². The van der Waals surface area contributed by atoms with Gasteiger partial charge in [-0.05, 0) is 48.9 Å². The van der Waals surface area contributed by atoms with Crippen molar-refractivity contribution in [2.24, 2.45) is 11.8 Å². The third kappa shape index (κ3) is 4.28. The molecule has 1 saturated carbocycles. The van der Waals surface area contributed by atoms with E-state index in [2.05, 4.69) is 10.6 Å². The van der Waals surface area contributed by atoms with E-state index in [-0.39, 0.29) is 17.7 Å². The van der Waals surface area contributed by atoms with Crippen molar-refractivity contribution in [3.63, 3.8) is 0 Å². The summed E-state index contributed by atoms with van der Waals surface area (Å²) in [7, 11) is 0. The summed E-state index contributed by atoms with van der Waals surface area (Å²) in [4.78, 5) is 23.6. The van der Waals surface area contributed by atoms with Crippen LogP contribution < -0.4 is 15.4 Å². The fourth-order valence-corrected chi connectivity index (χ4v) is 3.62. The highest BCUT2D eigenvalue weighted by Crippen LogP contribution is 2.30. The molecule has 1 aromatic rings. The van der Waals surface area contributed by atoms with Crippen LogP contribution in [0.1, 0.15) is 44.6 Å². The molecule has 0 spiro atoms. The first-order valence-corrected chi connectivity index (χ1v) is 8.93. The molecule has 2 aliphatic rings. The van der Waals surface area contributed by atoms with Crippen LogP contribution in [0.3, 0.4) is 0 Å². The van der Waals surface area contributed by atoms with E-state index in [9.17, 15) is 9.59 Å². The average molecular weight is 330 g/mol. The smallest absolute Gasteiger partial charge is 0.226 e. The highest BCUT2D eigenvalue weighted by atomic mass is 16.5. The predicted octanol–water partition coefficient (Wildman–Crippen LogP) is 2.89. The lowest BCUT2D eigenvalue weighted by molar-refractivity contribution is -0.126. The van der Waals surface area contributed by atoms with E-state index in [4.69, 9.17) is 4.74 Å². The number of anilines is 1. The van der Waals surface area contributed by atoms with Gasteiger partial charge in [0.2, 0.25) is 11.8 Å². The molecule has 5 nitrogen and oxygen atoms in total. The fourth-order valence-electron chi connectivity index (χ4n) is 3.62. The van der Waals surface area contributed by atoms with E-state index in [1.165, 1.54) is 39.0 Å². The Labute approximate surface area is 143 Å². The van der Waals surface area contributed by atoms with Crippen LogP contribution in [0.15, 0.2) is 18.2 Å². The van der Waals surface area contributed by atoms with Gasteiger partial charge in [-0.25, -0.2) is 0 Å². The number of hydrogen-bond donors (Lipinski definition) is 2. The van der Waals surface area contributed by atoms with E-state index < -0.39 is 0 Å². The van der Waals surface area contributed by atoms with Crippen LogP contribution in [0, 0.1) is 11.8 Å². The minimum atomic E-state index is -0.159. The summed E-state index contributed by atoms with van der Waals surface area (Å²) in [5.74, 6) is 1.25. The lowest BCUT2D eigenvalue weighted by Crippen LogP contribution is -2.39. The van der Waals surface area contributed by atoms with Gasteiger partial charge in [0.05, 0.1) is 5.92 Å². The first-order chi connectivity index (χ1) is 11.6. The minimum absolute atomic E-state index is 0.0798. The van der Waals surface area contributed by atoms with Crippen molar-refractivity contribution < 1.29 is 14.3 Å². The van der Waals surface area contributed by atoms with Crippen LogP contribution in [-0.4, -0.2) is 25.0 Å². The number of benzene rings is 1. The Balaban J connectivity index is 1.56. The van der Waals surface area contributed by atoms with Crippen LogP contribution in [-0.2, 0) is 16.0 Å². The molecule has 1 aromatic carbocycles. The molecule has 0 unspecified atom stereocenters. The van der Waals surface area contributed by atoms with Gasteiger partial charge in [0.15, 0.2) is 0 Å². The molecule has 1 atom stereocenters. The van der Waals surface area contributed by atoms with Crippen molar-refractivity contribution in [1.82, 2.24) is 5.32 Å². The summed E-state index contributed by atoms with van der Waals surface area (Å²) < 4.78 is 5.74. The van der Waals surface area contributed by atoms with Crippen LogP contribution >= 0.6 is 0 Å². The molecule has 24 heavy (non-hydrogen) atoms. The van der Waals surface area contributed by atoms with Crippen molar-refractivity contribution in [1.29, 1.82) is 0 Å². The maximum atomic E-state index is 12.5. The molecule has 3 rings (SSSR count). The lowest BCUT2D eigenvalue weighted by Gasteiger charge is -2.27. The number of ether oxygens (including phenoxy) is 1. The molecule has 1 aliphatic carbocycles. The molecule has 1 fully saturated rings. The number of carbonyl (C=O) groups is 2. The molecular weight excluding hydrogens is 304 g/mol. The summed E-state index contributed by atoms with van der Waals surface area (Å²) in [5, 5.41) is 5.88. The zero-order valence-electron chi connectivity index (χ0n) is 14.3. The van der Waals surface area contributed by atoms with Gasteiger partial charge in [0, 0.05) is 19.2 Å². The van der Waals surface area contributed by atoms with Crippen molar-refractivity contribution >= 4 is 17.5 Å². The van der Waals surface area contributed by atoms with Crippen LogP contribution in [0.4, 0.5) is 5.69 Å². The molecule has 130 valence electrons. The van der Waals surface area contributed by atoms with E-state index >= 15 is 0 Å². The average Bonchev–Trinajstić information content (AvgIpc) is 2.59. The Morgan fingerprint density at radius 3 is 2.75 bits per heavy atom. The maximum Gasteiger partial charge on any atom is 0.226 e. The van der Waals surface area contributed by atoms with Gasteiger partial charge in [-0.1, -0.05) is 19.3 Å². The summed E-state index contributed by atoms with van der Waals surface area (Å²) in [6, 6.07) is 5.58. The molecule has 0 radical (unpaired) electrons. The highest BCUT2D eigenvalue weighted by molar-refractivity contribution is 5.89. The van der Waals surface area contributed by atoms with Crippen molar-refractivity contribution in [2.45, 2.75) is 45.4 Å². The van der Waals surface area contributed by atoms with Crippen molar-refractivity contribution in [3.05, 3.63) is 23.8 Å². The predicted molar refractivity (Wildman–Crippen MR) is 93.0 cm³/mol. The summed E-state index contributed by atoms with van der Waals surface area (Å²) >= 11 is 0. The lowest BCUT2D eigenvalue weighted by atomic mass is 9.89. The Morgan fingerprint density at radius 1 is 1.21 bits per heavy atom. The number of rotatable bonds is 4. The van der Waals surface area contributed by atoms with Crippen LogP contribution in [0.25, 0.3) is 0 Å². The van der Waals surface area contributed by atoms with Gasteiger partial charge in [0.25, 0.3) is 0 Å². The Morgan fingerprint density at radius 2 is 2.00 bits per heavy atom. The van der Waals surface area contributed by atoms with Gasteiger partial charge in [0.1, 0.15) is 12.4 Å². The third-order valence-electron chi connectivity index (χ3n) is 4.95. The first-order valence-electron chi connectivity index (χ1n) is 8.93. The number of carbonyl (C=O) groups excluding carboxylic acids is 2. The third-order valence-corrected chi connectivity index (χ3v) is 4.95. The molecule has 2 N–H and O–H groups in total. The Hall–Kier alpha value is -2.04. The molecule has 1 aliphatic heterocycles. The van der Waals surface area contributed by atoms with Crippen LogP contribution in [0.5, 0.6) is 5.75 Å². The van der Waals surface area contributed by atoms with Gasteiger partial charge in [-0.3, -0.25) is 9.59 Å². The van der Waals surface area contributed by atoms with Crippen molar-refractivity contribution in [3.8, 4) is 5.75 Å². The zero-order chi connectivity index (χ0) is 16.9. The summed E-state index contributed by atoms with van der Waals surface area (Å²) in [6.45, 7) is 2.69. The molecule has 5 heteroatoms. The molecule has 0 aromatic heterocycles. The van der Waals surface area contributed by atoms with Gasteiger partial charge in [-0.2, -0.15) is 0 Å². The number of fused-ring (bicyclic) bond motifs is 1. The summed E-state index contributed by atoms with van der Waals surface area (Å²) in [6.07, 6.45) is 7.00. The molecule has 0 bridgehead atoms. The minimum Gasteiger partial charge on any atom is -0.492 e. The molecule has 1 heterocycles. The molecule has 0 saturated heterocycles. The second-order valence-corrected chi connectivity index (χ2v) is 6.96. The van der Waals surface area contributed by atoms with Gasteiger partial charge >= 0.3 is 0 Å². The monoisotopic (exact) mass is 330 g/mol. The van der Waals surface area contributed by atoms with E-state index in [0.717, 1.165) is 23.5 Å². The van der Waals surface area contributed by atoms with Gasteiger partial charge < -0.3 is 15.4 Å². The van der Waals surface area contributed by atoms with E-state index in [0.29, 0.717) is 18.9 Å². The SMILES string of the molecule is CC(=O)Nc1ccc2c(c1)C[C@@H](C(=O)NCC1CCCCC1)CO2. The second-order valence-electron chi connectivity index (χ2n) is 6.96. The summed E-state index contributed by atoms with van der Waals surface area (Å²) in [5.41, 5.74) is 1.72. The second kappa shape index (κ2) is 7.69. The normalized spacial score (nSPS) is 20.6.